The van der Waals surface area contributed by atoms with Crippen molar-refractivity contribution >= 4 is 5.97 Å². The predicted octanol–water partition coefficient (Wildman–Crippen LogP) is 3.27. The summed E-state index contributed by atoms with van der Waals surface area (Å²) < 4.78 is 27.9. The second kappa shape index (κ2) is 4.57. The summed E-state index contributed by atoms with van der Waals surface area (Å²) in [7, 11) is 0. The van der Waals surface area contributed by atoms with Gasteiger partial charge in [-0.25, -0.2) is 8.78 Å². The quantitative estimate of drug-likeness (QED) is 0.923. The number of carbonyl (C=O) groups is 1. The third-order valence-electron chi connectivity index (χ3n) is 5.48. The van der Waals surface area contributed by atoms with Crippen LogP contribution in [-0.4, -0.2) is 21.3 Å². The van der Waals surface area contributed by atoms with Gasteiger partial charge in [0.2, 0.25) is 0 Å². The van der Waals surface area contributed by atoms with Gasteiger partial charge in [-0.15, -0.1) is 5.10 Å². The molecule has 3 atom stereocenters. The number of aliphatic carboxylic acids is 1. The lowest BCUT2D eigenvalue weighted by Gasteiger charge is -2.24. The number of rotatable bonds is 2. The molecule has 2 aromatic rings. The highest BCUT2D eigenvalue weighted by Gasteiger charge is 2.61. The fourth-order valence-corrected chi connectivity index (χ4v) is 4.27. The fourth-order valence-electron chi connectivity index (χ4n) is 4.27. The Bertz CT molecular complexity index is 819. The third-order valence-corrected chi connectivity index (χ3v) is 5.48. The molecule has 0 spiro atoms. The van der Waals surface area contributed by atoms with Gasteiger partial charge in [-0.1, -0.05) is 13.0 Å². The zero-order chi connectivity index (χ0) is 16.4. The molecule has 2 bridgehead atoms. The average Bonchev–Trinajstić information content (AvgIpc) is 2.97. The van der Waals surface area contributed by atoms with Gasteiger partial charge < -0.3 is 5.11 Å². The largest absolute Gasteiger partial charge is 0.481 e. The number of hydrogen-bond acceptors (Lipinski definition) is 3. The van der Waals surface area contributed by atoms with Crippen LogP contribution in [0.1, 0.15) is 36.9 Å². The molecule has 2 aliphatic carbocycles. The van der Waals surface area contributed by atoms with Crippen LogP contribution in [0.2, 0.25) is 0 Å². The fraction of sp³-hybridized carbons (Fsp3) is 0.353. The molecule has 1 saturated carbocycles. The standard InChI is InChI=1S/C17H14F2N2O2/c1-8-9-5-6-17(8,16(22)23)15-10(9)7-13(20-21-15)14-11(18)3-2-4-12(14)19/h2-4,7-9H,5-6H2,1H3,(H,22,23)/t8?,9-,17-/m1/s1. The molecular formula is C17H14F2N2O2. The molecule has 1 fully saturated rings. The van der Waals surface area contributed by atoms with E-state index in [0.29, 0.717) is 12.1 Å². The van der Waals surface area contributed by atoms with Crippen molar-refractivity contribution in [2.75, 3.05) is 0 Å². The molecule has 2 aliphatic rings. The van der Waals surface area contributed by atoms with Crippen molar-refractivity contribution in [3.8, 4) is 11.3 Å². The third kappa shape index (κ3) is 1.66. The lowest BCUT2D eigenvalue weighted by Crippen LogP contribution is -2.37. The van der Waals surface area contributed by atoms with Crippen molar-refractivity contribution < 1.29 is 18.7 Å². The van der Waals surface area contributed by atoms with Crippen molar-refractivity contribution in [1.82, 2.24) is 10.2 Å². The molecule has 1 aromatic carbocycles. The summed E-state index contributed by atoms with van der Waals surface area (Å²) in [5.74, 6) is -2.35. The van der Waals surface area contributed by atoms with Gasteiger partial charge in [0.05, 0.1) is 17.0 Å². The predicted molar refractivity (Wildman–Crippen MR) is 77.8 cm³/mol. The Morgan fingerprint density at radius 1 is 1.30 bits per heavy atom. The highest BCUT2D eigenvalue weighted by atomic mass is 19.1. The minimum atomic E-state index is -1.01. The number of hydrogen-bond donors (Lipinski definition) is 1. The first-order valence-corrected chi connectivity index (χ1v) is 7.52. The molecule has 118 valence electrons. The van der Waals surface area contributed by atoms with E-state index in [1.54, 1.807) is 6.07 Å². The maximum absolute atomic E-state index is 14.0. The molecule has 1 N–H and O–H groups in total. The molecule has 4 nitrogen and oxygen atoms in total. The van der Waals surface area contributed by atoms with Crippen LogP contribution in [0.25, 0.3) is 11.3 Å². The number of benzene rings is 1. The van der Waals surface area contributed by atoms with Crippen molar-refractivity contribution in [1.29, 1.82) is 0 Å². The summed E-state index contributed by atoms with van der Waals surface area (Å²) >= 11 is 0. The van der Waals surface area contributed by atoms with Crippen LogP contribution in [0.4, 0.5) is 8.78 Å². The zero-order valence-electron chi connectivity index (χ0n) is 12.4. The van der Waals surface area contributed by atoms with E-state index in [4.69, 9.17) is 0 Å². The first kappa shape index (κ1) is 14.2. The van der Waals surface area contributed by atoms with Crippen LogP contribution in [-0.2, 0) is 10.2 Å². The van der Waals surface area contributed by atoms with Gasteiger partial charge >= 0.3 is 5.97 Å². The van der Waals surface area contributed by atoms with Crippen LogP contribution in [0.5, 0.6) is 0 Å². The molecule has 1 heterocycles. The number of carboxylic acids is 1. The van der Waals surface area contributed by atoms with Crippen molar-refractivity contribution in [3.05, 3.63) is 47.2 Å². The number of aromatic nitrogens is 2. The van der Waals surface area contributed by atoms with Crippen LogP contribution in [0.15, 0.2) is 24.3 Å². The molecule has 4 rings (SSSR count). The summed E-state index contributed by atoms with van der Waals surface area (Å²) in [6.45, 7) is 1.90. The Balaban J connectivity index is 1.91. The Kier molecular flexibility index (Phi) is 2.83. The summed E-state index contributed by atoms with van der Waals surface area (Å²) in [5.41, 5.74) is 0.0922. The van der Waals surface area contributed by atoms with E-state index in [9.17, 15) is 18.7 Å². The van der Waals surface area contributed by atoms with E-state index in [2.05, 4.69) is 10.2 Å². The molecule has 0 aliphatic heterocycles. The smallest absolute Gasteiger partial charge is 0.316 e. The van der Waals surface area contributed by atoms with E-state index in [0.717, 1.165) is 12.0 Å². The number of halogens is 2. The average molecular weight is 316 g/mol. The molecule has 0 saturated heterocycles. The first-order chi connectivity index (χ1) is 11.0. The molecule has 1 aromatic heterocycles. The SMILES string of the molecule is CC1[C@H]2CC[C@]1(C(=O)O)c1nnc(-c3c(F)cccc3F)cc12. The minimum absolute atomic E-state index is 0.0465. The van der Waals surface area contributed by atoms with Gasteiger partial charge in [0.25, 0.3) is 0 Å². The minimum Gasteiger partial charge on any atom is -0.481 e. The van der Waals surface area contributed by atoms with Gasteiger partial charge in [0.15, 0.2) is 0 Å². The van der Waals surface area contributed by atoms with Crippen molar-refractivity contribution in [2.24, 2.45) is 5.92 Å². The molecular weight excluding hydrogens is 302 g/mol. The number of fused-ring (bicyclic) bond motifs is 5. The summed E-state index contributed by atoms with van der Waals surface area (Å²) in [6, 6.07) is 5.23. The van der Waals surface area contributed by atoms with Crippen LogP contribution < -0.4 is 0 Å². The second-order valence-corrected chi connectivity index (χ2v) is 6.34. The highest BCUT2D eigenvalue weighted by molar-refractivity contribution is 5.84. The Morgan fingerprint density at radius 3 is 2.65 bits per heavy atom. The van der Waals surface area contributed by atoms with Crippen LogP contribution in [0.3, 0.4) is 0 Å². The molecule has 1 unspecified atom stereocenters. The van der Waals surface area contributed by atoms with Gasteiger partial charge in [0, 0.05) is 0 Å². The summed E-state index contributed by atoms with van der Waals surface area (Å²) in [5, 5.41) is 17.7. The van der Waals surface area contributed by atoms with Gasteiger partial charge in [0.1, 0.15) is 17.0 Å². The van der Waals surface area contributed by atoms with E-state index in [1.807, 2.05) is 6.92 Å². The Labute approximate surface area is 131 Å². The lowest BCUT2D eigenvalue weighted by atomic mass is 9.79. The Morgan fingerprint density at radius 2 is 2.00 bits per heavy atom. The van der Waals surface area contributed by atoms with E-state index in [1.165, 1.54) is 18.2 Å². The van der Waals surface area contributed by atoms with Crippen molar-refractivity contribution in [2.45, 2.75) is 31.1 Å². The summed E-state index contributed by atoms with van der Waals surface area (Å²) in [6.07, 6.45) is 1.27. The van der Waals surface area contributed by atoms with Gasteiger partial charge in [-0.2, -0.15) is 5.10 Å². The zero-order valence-corrected chi connectivity index (χ0v) is 12.4. The van der Waals surface area contributed by atoms with Gasteiger partial charge in [-0.05, 0) is 48.4 Å². The van der Waals surface area contributed by atoms with Crippen molar-refractivity contribution in [3.63, 3.8) is 0 Å². The van der Waals surface area contributed by atoms with Crippen LogP contribution >= 0.6 is 0 Å². The van der Waals surface area contributed by atoms with E-state index < -0.39 is 23.0 Å². The van der Waals surface area contributed by atoms with E-state index >= 15 is 0 Å². The Hall–Kier alpha value is -2.37. The maximum Gasteiger partial charge on any atom is 0.316 e. The molecule has 0 radical (unpaired) electrons. The first-order valence-electron chi connectivity index (χ1n) is 7.52. The summed E-state index contributed by atoms with van der Waals surface area (Å²) in [4.78, 5) is 11.8. The molecule has 6 heteroatoms. The monoisotopic (exact) mass is 316 g/mol. The highest BCUT2D eigenvalue weighted by Crippen LogP contribution is 2.60. The van der Waals surface area contributed by atoms with Crippen LogP contribution in [0, 0.1) is 17.6 Å². The van der Waals surface area contributed by atoms with Gasteiger partial charge in [-0.3, -0.25) is 4.79 Å². The lowest BCUT2D eigenvalue weighted by molar-refractivity contribution is -0.145. The maximum atomic E-state index is 14.0. The van der Waals surface area contributed by atoms with E-state index in [-0.39, 0.29) is 23.1 Å². The normalized spacial score (nSPS) is 28.0. The second-order valence-electron chi connectivity index (χ2n) is 6.34. The topological polar surface area (TPSA) is 63.1 Å². The molecule has 23 heavy (non-hydrogen) atoms. The number of carboxylic acid groups (broad SMARTS) is 1. The molecule has 0 amide bonds. The number of nitrogens with zero attached hydrogens (tertiary/aromatic N) is 2.